The average molecular weight is 386 g/mol. The van der Waals surface area contributed by atoms with Crippen molar-refractivity contribution in [1.29, 1.82) is 0 Å². The molecular formula is C25H26N2O2. The topological polar surface area (TPSA) is 40.2 Å². The van der Waals surface area contributed by atoms with Gasteiger partial charge in [0.05, 0.1) is 23.9 Å². The number of unbranched alkanes of at least 4 members (excludes halogenated alkanes) is 1. The van der Waals surface area contributed by atoms with Crippen LogP contribution in [0.5, 0.6) is 5.75 Å². The van der Waals surface area contributed by atoms with E-state index in [0.29, 0.717) is 0 Å². The summed E-state index contributed by atoms with van der Waals surface area (Å²) in [4.78, 5) is 4.78. The van der Waals surface area contributed by atoms with E-state index >= 15 is 0 Å². The van der Waals surface area contributed by atoms with E-state index in [1.165, 1.54) is 5.56 Å². The van der Waals surface area contributed by atoms with Crippen LogP contribution in [0.3, 0.4) is 0 Å². The van der Waals surface area contributed by atoms with Gasteiger partial charge in [-0.2, -0.15) is 0 Å². The van der Waals surface area contributed by atoms with Gasteiger partial charge in [0.15, 0.2) is 0 Å². The third-order valence-electron chi connectivity index (χ3n) is 5.00. The number of aryl methyl sites for hydroxylation is 2. The third kappa shape index (κ3) is 4.77. The number of hydrogen-bond acceptors (Lipinski definition) is 3. The minimum absolute atomic E-state index is 0.718. The number of imidazole rings is 1. The molecule has 2 aromatic heterocycles. The van der Waals surface area contributed by atoms with Crippen LogP contribution in [0, 0.1) is 0 Å². The van der Waals surface area contributed by atoms with Crippen molar-refractivity contribution in [2.45, 2.75) is 32.7 Å². The second-order valence-electron chi connectivity index (χ2n) is 7.01. The molecule has 0 unspecified atom stereocenters. The SMILES string of the molecule is CCc1ccc(OCCCCn2c(/C=C/c3ccco3)nc3ccccc32)cc1. The Morgan fingerprint density at radius 3 is 2.62 bits per heavy atom. The van der Waals surface area contributed by atoms with E-state index in [1.807, 2.05) is 30.4 Å². The van der Waals surface area contributed by atoms with E-state index in [-0.39, 0.29) is 0 Å². The number of hydrogen-bond donors (Lipinski definition) is 0. The zero-order valence-electron chi connectivity index (χ0n) is 16.8. The van der Waals surface area contributed by atoms with Gasteiger partial charge in [-0.25, -0.2) is 4.98 Å². The molecule has 0 spiro atoms. The predicted octanol–water partition coefficient (Wildman–Crippen LogP) is 6.22. The second kappa shape index (κ2) is 9.28. The van der Waals surface area contributed by atoms with Crippen LogP contribution >= 0.6 is 0 Å². The largest absolute Gasteiger partial charge is 0.494 e. The van der Waals surface area contributed by atoms with Gasteiger partial charge in [-0.15, -0.1) is 0 Å². The Labute approximate surface area is 171 Å². The molecule has 29 heavy (non-hydrogen) atoms. The Bertz CT molecular complexity index is 1060. The predicted molar refractivity (Wildman–Crippen MR) is 118 cm³/mol. The fraction of sp³-hybridized carbons (Fsp3) is 0.240. The molecule has 4 heteroatoms. The highest BCUT2D eigenvalue weighted by molar-refractivity contribution is 5.79. The highest BCUT2D eigenvalue weighted by Gasteiger charge is 2.08. The van der Waals surface area contributed by atoms with Gasteiger partial charge in [0.1, 0.15) is 17.3 Å². The fourth-order valence-electron chi connectivity index (χ4n) is 3.38. The summed E-state index contributed by atoms with van der Waals surface area (Å²) >= 11 is 0. The summed E-state index contributed by atoms with van der Waals surface area (Å²) in [7, 11) is 0. The number of benzene rings is 2. The van der Waals surface area contributed by atoms with Crippen molar-refractivity contribution in [2.75, 3.05) is 6.61 Å². The van der Waals surface area contributed by atoms with Crippen LogP contribution in [0.1, 0.15) is 36.9 Å². The highest BCUT2D eigenvalue weighted by atomic mass is 16.5. The molecule has 4 rings (SSSR count). The van der Waals surface area contributed by atoms with Gasteiger partial charge >= 0.3 is 0 Å². The Kier molecular flexibility index (Phi) is 6.10. The van der Waals surface area contributed by atoms with Crippen molar-refractivity contribution in [2.24, 2.45) is 0 Å². The van der Waals surface area contributed by atoms with Crippen LogP contribution in [0.15, 0.2) is 71.3 Å². The molecule has 0 fully saturated rings. The van der Waals surface area contributed by atoms with E-state index < -0.39 is 0 Å². The molecule has 148 valence electrons. The zero-order valence-corrected chi connectivity index (χ0v) is 16.8. The van der Waals surface area contributed by atoms with E-state index in [4.69, 9.17) is 14.1 Å². The van der Waals surface area contributed by atoms with Gasteiger partial charge < -0.3 is 13.7 Å². The maximum absolute atomic E-state index is 5.89. The smallest absolute Gasteiger partial charge is 0.133 e. The summed E-state index contributed by atoms with van der Waals surface area (Å²) in [5.41, 5.74) is 3.50. The number of fused-ring (bicyclic) bond motifs is 1. The van der Waals surface area contributed by atoms with Gasteiger partial charge in [-0.05, 0) is 73.4 Å². The number of furan rings is 1. The van der Waals surface area contributed by atoms with Crippen molar-refractivity contribution in [3.8, 4) is 5.75 Å². The van der Waals surface area contributed by atoms with Crippen molar-refractivity contribution in [1.82, 2.24) is 9.55 Å². The van der Waals surface area contributed by atoms with E-state index in [1.54, 1.807) is 6.26 Å². The normalized spacial score (nSPS) is 11.5. The summed E-state index contributed by atoms with van der Waals surface area (Å²) < 4.78 is 13.6. The third-order valence-corrected chi connectivity index (χ3v) is 5.00. The summed E-state index contributed by atoms with van der Waals surface area (Å²) in [5, 5.41) is 0. The molecule has 0 saturated carbocycles. The molecule has 0 N–H and O–H groups in total. The monoisotopic (exact) mass is 386 g/mol. The van der Waals surface area contributed by atoms with Crippen molar-refractivity contribution in [3.05, 3.63) is 84.1 Å². The van der Waals surface area contributed by atoms with Gasteiger partial charge in [0.2, 0.25) is 0 Å². The second-order valence-corrected chi connectivity index (χ2v) is 7.01. The molecule has 0 aliphatic rings. The van der Waals surface area contributed by atoms with Gasteiger partial charge in [-0.1, -0.05) is 31.2 Å². The van der Waals surface area contributed by atoms with E-state index in [0.717, 1.165) is 60.8 Å². The molecule has 0 aliphatic heterocycles. The number of nitrogens with zero attached hydrogens (tertiary/aromatic N) is 2. The van der Waals surface area contributed by atoms with Crippen LogP contribution in [0.2, 0.25) is 0 Å². The minimum atomic E-state index is 0.718. The number of rotatable bonds is 9. The number of aromatic nitrogens is 2. The highest BCUT2D eigenvalue weighted by Crippen LogP contribution is 2.19. The van der Waals surface area contributed by atoms with Gasteiger partial charge in [-0.3, -0.25) is 0 Å². The maximum Gasteiger partial charge on any atom is 0.133 e. The van der Waals surface area contributed by atoms with Crippen molar-refractivity contribution < 1.29 is 9.15 Å². The number of ether oxygens (including phenoxy) is 1. The molecule has 0 aliphatic carbocycles. The first kappa shape index (κ1) is 19.1. The molecule has 0 saturated heterocycles. The average Bonchev–Trinajstić information content (AvgIpc) is 3.40. The Morgan fingerprint density at radius 2 is 1.83 bits per heavy atom. The first-order valence-electron chi connectivity index (χ1n) is 10.2. The number of para-hydroxylation sites is 2. The summed E-state index contributed by atoms with van der Waals surface area (Å²) in [6.07, 6.45) is 8.72. The fourth-order valence-corrected chi connectivity index (χ4v) is 3.38. The first-order valence-corrected chi connectivity index (χ1v) is 10.2. The maximum atomic E-state index is 5.89. The standard InChI is InChI=1S/C25H26N2O2/c1-2-20-11-13-22(14-12-20)28-18-6-5-17-27-24-10-4-3-9-23(24)26-25(27)16-15-21-8-7-19-29-21/h3-4,7-16,19H,2,5-6,17-18H2,1H3/b16-15+. The van der Waals surface area contributed by atoms with E-state index in [9.17, 15) is 0 Å². The zero-order chi connectivity index (χ0) is 19.9. The lowest BCUT2D eigenvalue weighted by Gasteiger charge is -2.09. The molecule has 2 heterocycles. The van der Waals surface area contributed by atoms with Crippen LogP contribution in [-0.2, 0) is 13.0 Å². The van der Waals surface area contributed by atoms with E-state index in [2.05, 4.69) is 54.0 Å². The summed E-state index contributed by atoms with van der Waals surface area (Å²) in [5.74, 6) is 2.71. The van der Waals surface area contributed by atoms with Crippen molar-refractivity contribution >= 4 is 23.2 Å². The first-order chi connectivity index (χ1) is 14.3. The molecule has 0 amide bonds. The Balaban J connectivity index is 1.38. The molecule has 0 atom stereocenters. The Hall–Kier alpha value is -3.27. The van der Waals surface area contributed by atoms with Crippen LogP contribution in [-0.4, -0.2) is 16.2 Å². The lowest BCUT2D eigenvalue weighted by molar-refractivity contribution is 0.303. The Morgan fingerprint density at radius 1 is 0.966 bits per heavy atom. The lowest BCUT2D eigenvalue weighted by atomic mass is 10.2. The summed E-state index contributed by atoms with van der Waals surface area (Å²) in [6.45, 7) is 3.78. The molecular weight excluding hydrogens is 360 g/mol. The molecule has 4 nitrogen and oxygen atoms in total. The molecule has 0 radical (unpaired) electrons. The van der Waals surface area contributed by atoms with Crippen LogP contribution in [0.4, 0.5) is 0 Å². The lowest BCUT2D eigenvalue weighted by Crippen LogP contribution is -2.04. The molecule has 4 aromatic rings. The van der Waals surface area contributed by atoms with Crippen molar-refractivity contribution in [3.63, 3.8) is 0 Å². The molecule has 2 aromatic carbocycles. The van der Waals surface area contributed by atoms with Gasteiger partial charge in [0, 0.05) is 6.54 Å². The quantitative estimate of drug-likeness (QED) is 0.321. The minimum Gasteiger partial charge on any atom is -0.494 e. The molecule has 0 bridgehead atoms. The van der Waals surface area contributed by atoms with Crippen LogP contribution in [0.25, 0.3) is 23.2 Å². The summed E-state index contributed by atoms with van der Waals surface area (Å²) in [6, 6.07) is 20.5. The van der Waals surface area contributed by atoms with Gasteiger partial charge in [0.25, 0.3) is 0 Å². The van der Waals surface area contributed by atoms with Crippen LogP contribution < -0.4 is 4.74 Å².